The first kappa shape index (κ1) is 15.0. The van der Waals surface area contributed by atoms with Crippen LogP contribution < -0.4 is 0 Å². The van der Waals surface area contributed by atoms with Crippen molar-refractivity contribution in [3.63, 3.8) is 0 Å². The lowest BCUT2D eigenvalue weighted by Gasteiger charge is -2.32. The predicted molar refractivity (Wildman–Crippen MR) is 73.7 cm³/mol. The van der Waals surface area contributed by atoms with Crippen molar-refractivity contribution >= 4 is 35.3 Å². The highest BCUT2D eigenvalue weighted by atomic mass is 32.2. The maximum absolute atomic E-state index is 12.0. The number of benzene rings is 1. The van der Waals surface area contributed by atoms with Gasteiger partial charge in [0.1, 0.15) is 0 Å². The van der Waals surface area contributed by atoms with Crippen LogP contribution in [-0.4, -0.2) is 51.9 Å². The minimum absolute atomic E-state index is 0.190. The highest BCUT2D eigenvalue weighted by Gasteiger charge is 2.43. The number of para-hydroxylation sites is 1. The van der Waals surface area contributed by atoms with Gasteiger partial charge in [0.2, 0.25) is 0 Å². The van der Waals surface area contributed by atoms with Crippen molar-refractivity contribution in [3.8, 4) is 0 Å². The van der Waals surface area contributed by atoms with E-state index in [0.717, 1.165) is 21.6 Å². The summed E-state index contributed by atoms with van der Waals surface area (Å²) in [5.74, 6) is -1.38. The van der Waals surface area contributed by atoms with E-state index in [1.54, 1.807) is 6.07 Å². The molecule has 1 aromatic rings. The first-order valence-corrected chi connectivity index (χ1v) is 6.71. The number of nitrogens with zero attached hydrogens (tertiary/aromatic N) is 3. The average Bonchev–Trinajstić information content (AvgIpc) is 2.48. The van der Waals surface area contributed by atoms with Crippen LogP contribution in [0.5, 0.6) is 0 Å². The molecule has 1 heterocycles. The van der Waals surface area contributed by atoms with Gasteiger partial charge in [0, 0.05) is 20.2 Å². The van der Waals surface area contributed by atoms with Crippen molar-refractivity contribution in [2.24, 2.45) is 0 Å². The van der Waals surface area contributed by atoms with E-state index in [2.05, 4.69) is 0 Å². The third-order valence-corrected chi connectivity index (χ3v) is 4.23. The van der Waals surface area contributed by atoms with Gasteiger partial charge in [-0.15, -0.1) is 0 Å². The third-order valence-electron chi connectivity index (χ3n) is 2.99. The highest BCUT2D eigenvalue weighted by Crippen LogP contribution is 2.34. The molecule has 1 fully saturated rings. The number of amides is 4. The van der Waals surface area contributed by atoms with E-state index in [9.17, 15) is 24.5 Å². The van der Waals surface area contributed by atoms with Crippen molar-refractivity contribution in [2.75, 3.05) is 14.1 Å². The van der Waals surface area contributed by atoms with Crippen LogP contribution in [-0.2, 0) is 9.59 Å². The van der Waals surface area contributed by atoms with Crippen LogP contribution in [0.25, 0.3) is 0 Å². The Bertz CT molecular complexity index is 624. The van der Waals surface area contributed by atoms with Gasteiger partial charge in [-0.05, 0) is 6.07 Å². The van der Waals surface area contributed by atoms with Gasteiger partial charge < -0.3 is 0 Å². The van der Waals surface area contributed by atoms with E-state index in [4.69, 9.17) is 0 Å². The second-order valence-corrected chi connectivity index (χ2v) is 5.45. The second-order valence-electron chi connectivity index (χ2n) is 4.30. The Hall–Kier alpha value is -2.42. The fourth-order valence-corrected chi connectivity index (χ4v) is 3.00. The average molecular weight is 309 g/mol. The first-order valence-electron chi connectivity index (χ1n) is 5.83. The van der Waals surface area contributed by atoms with Gasteiger partial charge >= 0.3 is 6.03 Å². The zero-order valence-electron chi connectivity index (χ0n) is 11.2. The molecule has 0 spiro atoms. The molecule has 9 heteroatoms. The molecule has 1 aromatic carbocycles. The SMILES string of the molecule is CN1C(=O)C(Sc2ccccc2[N+](=O)[O-])C(=O)N(C)C1=O. The molecule has 21 heavy (non-hydrogen) atoms. The summed E-state index contributed by atoms with van der Waals surface area (Å²) in [6, 6.07) is 5.10. The molecule has 0 aliphatic carbocycles. The molecule has 0 unspecified atom stereocenters. The lowest BCUT2D eigenvalue weighted by molar-refractivity contribution is -0.387. The number of carbonyl (C=O) groups is 3. The van der Waals surface area contributed by atoms with Crippen molar-refractivity contribution in [1.29, 1.82) is 0 Å². The predicted octanol–water partition coefficient (Wildman–Crippen LogP) is 1.11. The van der Waals surface area contributed by atoms with Crippen LogP contribution in [0, 0.1) is 10.1 Å². The Morgan fingerprint density at radius 2 is 1.62 bits per heavy atom. The topological polar surface area (TPSA) is 101 Å². The molecular formula is C12H11N3O5S. The number of rotatable bonds is 3. The van der Waals surface area contributed by atoms with E-state index >= 15 is 0 Å². The Morgan fingerprint density at radius 3 is 2.14 bits per heavy atom. The molecule has 110 valence electrons. The quantitative estimate of drug-likeness (QED) is 0.471. The van der Waals surface area contributed by atoms with E-state index in [1.807, 2.05) is 0 Å². The lowest BCUT2D eigenvalue weighted by atomic mass is 10.3. The largest absolute Gasteiger partial charge is 0.332 e. The molecule has 0 N–H and O–H groups in total. The fourth-order valence-electron chi connectivity index (χ4n) is 1.81. The molecule has 1 saturated heterocycles. The summed E-state index contributed by atoms with van der Waals surface area (Å²) in [6.07, 6.45) is 0. The molecule has 2 rings (SSSR count). The summed E-state index contributed by atoms with van der Waals surface area (Å²) >= 11 is 0.769. The van der Waals surface area contributed by atoms with Gasteiger partial charge in [-0.2, -0.15) is 0 Å². The Balaban J connectivity index is 2.35. The van der Waals surface area contributed by atoms with Gasteiger partial charge in [0.25, 0.3) is 17.5 Å². The van der Waals surface area contributed by atoms with Crippen LogP contribution in [0.15, 0.2) is 29.2 Å². The Kier molecular flexibility index (Phi) is 3.94. The minimum atomic E-state index is -1.21. The molecule has 0 radical (unpaired) electrons. The molecule has 0 bridgehead atoms. The van der Waals surface area contributed by atoms with Crippen LogP contribution >= 0.6 is 11.8 Å². The van der Waals surface area contributed by atoms with Crippen molar-refractivity contribution in [1.82, 2.24) is 9.80 Å². The third kappa shape index (κ3) is 2.59. The van der Waals surface area contributed by atoms with Crippen LogP contribution in [0.3, 0.4) is 0 Å². The zero-order valence-corrected chi connectivity index (χ0v) is 12.0. The fraction of sp³-hybridized carbons (Fsp3) is 0.250. The summed E-state index contributed by atoms with van der Waals surface area (Å²) in [5.41, 5.74) is -0.190. The van der Waals surface area contributed by atoms with Crippen LogP contribution in [0.1, 0.15) is 0 Å². The number of imide groups is 2. The standard InChI is InChI=1S/C12H11N3O5S/c1-13-10(16)9(11(17)14(2)12(13)18)21-8-6-4-3-5-7(8)15(19)20/h3-6,9H,1-2H3. The lowest BCUT2D eigenvalue weighted by Crippen LogP contribution is -2.58. The van der Waals surface area contributed by atoms with Crippen molar-refractivity contribution < 1.29 is 19.3 Å². The number of urea groups is 1. The molecule has 1 aliphatic heterocycles. The van der Waals surface area contributed by atoms with E-state index in [-0.39, 0.29) is 10.6 Å². The van der Waals surface area contributed by atoms with Crippen molar-refractivity contribution in [3.05, 3.63) is 34.4 Å². The molecule has 0 saturated carbocycles. The molecule has 1 aliphatic rings. The number of hydrogen-bond acceptors (Lipinski definition) is 6. The van der Waals surface area contributed by atoms with E-state index in [1.165, 1.54) is 32.3 Å². The van der Waals surface area contributed by atoms with Gasteiger partial charge in [0.15, 0.2) is 5.25 Å². The van der Waals surface area contributed by atoms with Gasteiger partial charge in [0.05, 0.1) is 9.82 Å². The summed E-state index contributed by atoms with van der Waals surface area (Å²) < 4.78 is 0. The zero-order chi connectivity index (χ0) is 15.7. The van der Waals surface area contributed by atoms with E-state index in [0.29, 0.717) is 0 Å². The Morgan fingerprint density at radius 1 is 1.10 bits per heavy atom. The summed E-state index contributed by atoms with van der Waals surface area (Å²) in [7, 11) is 2.53. The monoisotopic (exact) mass is 309 g/mol. The summed E-state index contributed by atoms with van der Waals surface area (Å²) in [5, 5.41) is 9.75. The van der Waals surface area contributed by atoms with Crippen LogP contribution in [0.2, 0.25) is 0 Å². The Labute approximate surface area is 123 Å². The highest BCUT2D eigenvalue weighted by molar-refractivity contribution is 8.01. The number of carbonyl (C=O) groups excluding carboxylic acids is 3. The van der Waals surface area contributed by atoms with Gasteiger partial charge in [-0.3, -0.25) is 29.5 Å². The molecule has 0 atom stereocenters. The maximum Gasteiger partial charge on any atom is 0.332 e. The molecular weight excluding hydrogens is 298 g/mol. The van der Waals surface area contributed by atoms with Crippen LogP contribution in [0.4, 0.5) is 10.5 Å². The first-order chi connectivity index (χ1) is 9.84. The summed E-state index contributed by atoms with van der Waals surface area (Å²) in [4.78, 5) is 47.9. The smallest absolute Gasteiger partial charge is 0.272 e. The number of thioether (sulfide) groups is 1. The number of nitro benzene ring substituents is 1. The maximum atomic E-state index is 12.0. The number of hydrogen-bond donors (Lipinski definition) is 0. The molecule has 4 amide bonds. The second kappa shape index (κ2) is 5.52. The minimum Gasteiger partial charge on any atom is -0.272 e. The number of nitro groups is 1. The number of barbiturate groups is 1. The van der Waals surface area contributed by atoms with Gasteiger partial charge in [-0.1, -0.05) is 23.9 Å². The van der Waals surface area contributed by atoms with Crippen molar-refractivity contribution in [2.45, 2.75) is 10.1 Å². The molecule has 0 aromatic heterocycles. The van der Waals surface area contributed by atoms with Gasteiger partial charge in [-0.25, -0.2) is 4.79 Å². The molecule has 8 nitrogen and oxygen atoms in total. The normalized spacial score (nSPS) is 16.6. The summed E-state index contributed by atoms with van der Waals surface area (Å²) in [6.45, 7) is 0. The van der Waals surface area contributed by atoms with E-state index < -0.39 is 28.0 Å².